The zero-order chi connectivity index (χ0) is 10.4. The van der Waals surface area contributed by atoms with E-state index in [2.05, 4.69) is 28.9 Å². The highest BCUT2D eigenvalue weighted by molar-refractivity contribution is 9.10. The van der Waals surface area contributed by atoms with Gasteiger partial charge in [-0.05, 0) is 24.1 Å². The minimum atomic E-state index is 0.0584. The first kappa shape index (κ1) is 11.3. The molecule has 0 saturated heterocycles. The maximum absolute atomic E-state index is 9.01. The van der Waals surface area contributed by atoms with Gasteiger partial charge in [-0.25, -0.2) is 0 Å². The second-order valence-electron chi connectivity index (χ2n) is 3.38. The number of hydrogen-bond acceptors (Lipinski definition) is 1. The van der Waals surface area contributed by atoms with Gasteiger partial charge in [-0.15, -0.1) is 0 Å². The van der Waals surface area contributed by atoms with E-state index < -0.39 is 0 Å². The molecule has 1 atom stereocenters. The fraction of sp³-hybridized carbons (Fsp3) is 0.417. The van der Waals surface area contributed by atoms with Crippen molar-refractivity contribution < 1.29 is 0 Å². The van der Waals surface area contributed by atoms with Crippen molar-refractivity contribution >= 4 is 15.9 Å². The molecule has 0 aliphatic carbocycles. The van der Waals surface area contributed by atoms with Crippen LogP contribution in [0.5, 0.6) is 0 Å². The van der Waals surface area contributed by atoms with Crippen molar-refractivity contribution in [3.63, 3.8) is 0 Å². The number of nitriles is 1. The van der Waals surface area contributed by atoms with Crippen molar-refractivity contribution in [3.8, 4) is 6.07 Å². The van der Waals surface area contributed by atoms with Crippen molar-refractivity contribution in [1.29, 1.82) is 5.26 Å². The Morgan fingerprint density at radius 2 is 2.00 bits per heavy atom. The summed E-state index contributed by atoms with van der Waals surface area (Å²) in [7, 11) is 0. The number of halogens is 1. The van der Waals surface area contributed by atoms with E-state index in [0.717, 1.165) is 29.3 Å². The van der Waals surface area contributed by atoms with Crippen molar-refractivity contribution in [1.82, 2.24) is 0 Å². The van der Waals surface area contributed by atoms with Gasteiger partial charge < -0.3 is 0 Å². The fourth-order valence-electron chi connectivity index (χ4n) is 1.41. The standard InChI is InChI=1S/C12H14BrN/c1-2-3-4-11(9-14)10-5-7-12(13)8-6-10/h5-8,11H,2-4H2,1H3. The summed E-state index contributed by atoms with van der Waals surface area (Å²) in [6, 6.07) is 10.4. The van der Waals surface area contributed by atoms with Crippen LogP contribution in [0.4, 0.5) is 0 Å². The highest BCUT2D eigenvalue weighted by Gasteiger charge is 2.08. The fourth-order valence-corrected chi connectivity index (χ4v) is 1.67. The van der Waals surface area contributed by atoms with Gasteiger partial charge in [0.2, 0.25) is 0 Å². The minimum absolute atomic E-state index is 0.0584. The summed E-state index contributed by atoms with van der Waals surface area (Å²) in [6.07, 6.45) is 3.23. The lowest BCUT2D eigenvalue weighted by molar-refractivity contribution is 0.671. The second kappa shape index (κ2) is 5.82. The third kappa shape index (κ3) is 3.16. The van der Waals surface area contributed by atoms with Crippen LogP contribution >= 0.6 is 15.9 Å². The maximum atomic E-state index is 9.01. The SMILES string of the molecule is CCCCC(C#N)c1ccc(Br)cc1. The highest BCUT2D eigenvalue weighted by Crippen LogP contribution is 2.22. The zero-order valence-corrected chi connectivity index (χ0v) is 9.92. The molecule has 0 heterocycles. The van der Waals surface area contributed by atoms with Gasteiger partial charge in [-0.1, -0.05) is 47.8 Å². The predicted octanol–water partition coefficient (Wildman–Crippen LogP) is 4.25. The average Bonchev–Trinajstić information content (AvgIpc) is 2.21. The first-order valence-corrected chi connectivity index (χ1v) is 5.72. The van der Waals surface area contributed by atoms with E-state index in [1.165, 1.54) is 0 Å². The van der Waals surface area contributed by atoms with E-state index in [9.17, 15) is 0 Å². The summed E-state index contributed by atoms with van der Waals surface area (Å²) in [4.78, 5) is 0. The summed E-state index contributed by atoms with van der Waals surface area (Å²) in [5, 5.41) is 9.01. The van der Waals surface area contributed by atoms with Crippen molar-refractivity contribution in [3.05, 3.63) is 34.3 Å². The molecule has 14 heavy (non-hydrogen) atoms. The Bertz CT molecular complexity index is 310. The molecular formula is C12H14BrN. The van der Waals surface area contributed by atoms with E-state index in [4.69, 9.17) is 5.26 Å². The molecule has 0 spiro atoms. The van der Waals surface area contributed by atoms with E-state index in [1.54, 1.807) is 0 Å². The minimum Gasteiger partial charge on any atom is -0.198 e. The van der Waals surface area contributed by atoms with Crippen molar-refractivity contribution in [2.45, 2.75) is 32.1 Å². The molecule has 2 heteroatoms. The van der Waals surface area contributed by atoms with E-state index in [-0.39, 0.29) is 5.92 Å². The molecule has 0 amide bonds. The smallest absolute Gasteiger partial charge is 0.0712 e. The quantitative estimate of drug-likeness (QED) is 0.785. The van der Waals surface area contributed by atoms with E-state index in [0.29, 0.717) is 0 Å². The molecule has 1 rings (SSSR count). The summed E-state index contributed by atoms with van der Waals surface area (Å²) >= 11 is 3.39. The Morgan fingerprint density at radius 3 is 2.50 bits per heavy atom. The first-order valence-electron chi connectivity index (χ1n) is 4.93. The zero-order valence-electron chi connectivity index (χ0n) is 8.33. The van der Waals surface area contributed by atoms with Gasteiger partial charge >= 0.3 is 0 Å². The van der Waals surface area contributed by atoms with Crippen molar-refractivity contribution in [2.75, 3.05) is 0 Å². The molecule has 0 radical (unpaired) electrons. The van der Waals surface area contributed by atoms with Crippen LogP contribution in [0, 0.1) is 11.3 Å². The monoisotopic (exact) mass is 251 g/mol. The molecule has 1 nitrogen and oxygen atoms in total. The molecule has 0 saturated carbocycles. The highest BCUT2D eigenvalue weighted by atomic mass is 79.9. The molecule has 0 bridgehead atoms. The number of benzene rings is 1. The lowest BCUT2D eigenvalue weighted by Crippen LogP contribution is -1.95. The van der Waals surface area contributed by atoms with Gasteiger partial charge in [-0.3, -0.25) is 0 Å². The summed E-state index contributed by atoms with van der Waals surface area (Å²) in [6.45, 7) is 2.15. The second-order valence-corrected chi connectivity index (χ2v) is 4.29. The Morgan fingerprint density at radius 1 is 1.36 bits per heavy atom. The van der Waals surface area contributed by atoms with Crippen LogP contribution in [0.15, 0.2) is 28.7 Å². The molecule has 1 unspecified atom stereocenters. The number of unbranched alkanes of at least 4 members (excludes halogenated alkanes) is 1. The lowest BCUT2D eigenvalue weighted by Gasteiger charge is -2.08. The molecule has 1 aromatic rings. The molecule has 0 N–H and O–H groups in total. The van der Waals surface area contributed by atoms with Crippen LogP contribution in [0.1, 0.15) is 37.7 Å². The van der Waals surface area contributed by atoms with Crippen molar-refractivity contribution in [2.24, 2.45) is 0 Å². The van der Waals surface area contributed by atoms with Crippen LogP contribution in [0.3, 0.4) is 0 Å². The Balaban J connectivity index is 2.70. The molecule has 74 valence electrons. The third-order valence-corrected chi connectivity index (χ3v) is 2.80. The summed E-state index contributed by atoms with van der Waals surface area (Å²) in [5.41, 5.74) is 1.13. The normalized spacial score (nSPS) is 12.1. The predicted molar refractivity (Wildman–Crippen MR) is 62.0 cm³/mol. The Hall–Kier alpha value is -0.810. The third-order valence-electron chi connectivity index (χ3n) is 2.27. The molecule has 0 aliphatic heterocycles. The van der Waals surface area contributed by atoms with Gasteiger partial charge in [0.15, 0.2) is 0 Å². The number of rotatable bonds is 4. The maximum Gasteiger partial charge on any atom is 0.0712 e. The van der Waals surface area contributed by atoms with E-state index in [1.807, 2.05) is 24.3 Å². The number of nitrogens with zero attached hydrogens (tertiary/aromatic N) is 1. The summed E-state index contributed by atoms with van der Waals surface area (Å²) < 4.78 is 1.06. The average molecular weight is 252 g/mol. The number of hydrogen-bond donors (Lipinski definition) is 0. The Labute approximate surface area is 93.9 Å². The largest absolute Gasteiger partial charge is 0.198 e. The van der Waals surface area contributed by atoms with Gasteiger partial charge in [0.05, 0.1) is 12.0 Å². The van der Waals surface area contributed by atoms with Gasteiger partial charge in [0, 0.05) is 4.47 Å². The van der Waals surface area contributed by atoms with Crippen LogP contribution in [0.25, 0.3) is 0 Å². The molecule has 1 aromatic carbocycles. The molecule has 0 aliphatic rings. The van der Waals surface area contributed by atoms with E-state index >= 15 is 0 Å². The van der Waals surface area contributed by atoms with Gasteiger partial charge in [0.1, 0.15) is 0 Å². The lowest BCUT2D eigenvalue weighted by atomic mass is 9.95. The topological polar surface area (TPSA) is 23.8 Å². The molecule has 0 aromatic heterocycles. The van der Waals surface area contributed by atoms with Crippen LogP contribution in [-0.2, 0) is 0 Å². The Kier molecular flexibility index (Phi) is 4.69. The van der Waals surface area contributed by atoms with Crippen LogP contribution in [0.2, 0.25) is 0 Å². The molecular weight excluding hydrogens is 238 g/mol. The van der Waals surface area contributed by atoms with Crippen LogP contribution < -0.4 is 0 Å². The van der Waals surface area contributed by atoms with Gasteiger partial charge in [-0.2, -0.15) is 5.26 Å². The van der Waals surface area contributed by atoms with Crippen LogP contribution in [-0.4, -0.2) is 0 Å². The molecule has 0 fully saturated rings. The van der Waals surface area contributed by atoms with Gasteiger partial charge in [0.25, 0.3) is 0 Å². The summed E-state index contributed by atoms with van der Waals surface area (Å²) in [5.74, 6) is 0.0584. The first-order chi connectivity index (χ1) is 6.77.